The third-order valence-electron chi connectivity index (χ3n) is 5.16. The van der Waals surface area contributed by atoms with E-state index < -0.39 is 10.0 Å². The van der Waals surface area contributed by atoms with E-state index in [1.807, 2.05) is 60.7 Å². The molecule has 0 atom stereocenters. The summed E-state index contributed by atoms with van der Waals surface area (Å²) in [4.78, 5) is 17.4. The topological polar surface area (TPSA) is 101 Å². The van der Waals surface area contributed by atoms with Gasteiger partial charge in [0, 0.05) is 35.7 Å². The lowest BCUT2D eigenvalue weighted by Gasteiger charge is -2.10. The van der Waals surface area contributed by atoms with Crippen molar-refractivity contribution >= 4 is 21.6 Å². The highest BCUT2D eigenvalue weighted by Gasteiger charge is 2.18. The molecule has 0 radical (unpaired) electrons. The molecule has 35 heavy (non-hydrogen) atoms. The summed E-state index contributed by atoms with van der Waals surface area (Å²) in [5.74, 6) is 0.916. The van der Waals surface area contributed by atoms with Gasteiger partial charge in [-0.1, -0.05) is 60.7 Å². The van der Waals surface area contributed by atoms with Gasteiger partial charge in [-0.05, 0) is 38.1 Å². The standard InChI is InChI=1S/C27H27N3O4S/c1-19(2)30-35(32,33)23-15-13-22(14-16-23)28-24(31)17-18-25-29-26(20-9-5-3-6-10-20)27(34-25)21-11-7-4-8-12-21/h3-16,19,30H,17-18H2,1-2H3,(H,28,31). The summed E-state index contributed by atoms with van der Waals surface area (Å²) in [7, 11) is -3.58. The van der Waals surface area contributed by atoms with Crippen molar-refractivity contribution in [1.29, 1.82) is 0 Å². The van der Waals surface area contributed by atoms with Crippen molar-refractivity contribution in [3.8, 4) is 22.6 Å². The maximum absolute atomic E-state index is 12.5. The molecular weight excluding hydrogens is 462 g/mol. The average Bonchev–Trinajstić information content (AvgIpc) is 3.28. The van der Waals surface area contributed by atoms with E-state index in [0.717, 1.165) is 16.8 Å². The molecule has 0 aliphatic heterocycles. The van der Waals surface area contributed by atoms with Crippen LogP contribution in [0.5, 0.6) is 0 Å². The molecule has 2 N–H and O–H groups in total. The van der Waals surface area contributed by atoms with Crippen molar-refractivity contribution in [2.24, 2.45) is 0 Å². The van der Waals surface area contributed by atoms with Crippen molar-refractivity contribution in [1.82, 2.24) is 9.71 Å². The Labute approximate surface area is 205 Å². The van der Waals surface area contributed by atoms with E-state index in [1.54, 1.807) is 26.0 Å². The molecule has 0 aliphatic carbocycles. The first-order valence-corrected chi connectivity index (χ1v) is 12.8. The molecule has 7 nitrogen and oxygen atoms in total. The van der Waals surface area contributed by atoms with Gasteiger partial charge in [-0.2, -0.15) is 0 Å². The highest BCUT2D eigenvalue weighted by atomic mass is 32.2. The molecule has 0 fully saturated rings. The molecule has 0 unspecified atom stereocenters. The number of carbonyl (C=O) groups is 1. The summed E-state index contributed by atoms with van der Waals surface area (Å²) >= 11 is 0. The number of hydrogen-bond acceptors (Lipinski definition) is 5. The van der Waals surface area contributed by atoms with Crippen LogP contribution in [-0.2, 0) is 21.2 Å². The van der Waals surface area contributed by atoms with E-state index in [1.165, 1.54) is 12.1 Å². The van der Waals surface area contributed by atoms with Gasteiger partial charge in [-0.25, -0.2) is 18.1 Å². The molecule has 1 heterocycles. The van der Waals surface area contributed by atoms with Crippen LogP contribution in [0.2, 0.25) is 0 Å². The summed E-state index contributed by atoms with van der Waals surface area (Å²) in [6.07, 6.45) is 0.487. The van der Waals surface area contributed by atoms with Crippen LogP contribution < -0.4 is 10.0 Å². The van der Waals surface area contributed by atoms with Gasteiger partial charge in [0.15, 0.2) is 11.7 Å². The molecule has 8 heteroatoms. The van der Waals surface area contributed by atoms with Crippen LogP contribution in [0.1, 0.15) is 26.2 Å². The fourth-order valence-electron chi connectivity index (χ4n) is 3.59. The number of rotatable bonds is 9. The SMILES string of the molecule is CC(C)NS(=O)(=O)c1ccc(NC(=O)CCc2nc(-c3ccccc3)c(-c3ccccc3)o2)cc1. The number of carbonyl (C=O) groups excluding carboxylic acids is 1. The van der Waals surface area contributed by atoms with Crippen LogP contribution in [0, 0.1) is 0 Å². The van der Waals surface area contributed by atoms with E-state index in [2.05, 4.69) is 15.0 Å². The van der Waals surface area contributed by atoms with Crippen LogP contribution in [0.25, 0.3) is 22.6 Å². The number of aryl methyl sites for hydroxylation is 1. The van der Waals surface area contributed by atoms with Gasteiger partial charge >= 0.3 is 0 Å². The van der Waals surface area contributed by atoms with Crippen LogP contribution in [-0.4, -0.2) is 25.4 Å². The predicted molar refractivity (Wildman–Crippen MR) is 136 cm³/mol. The molecule has 0 bridgehead atoms. The minimum absolute atomic E-state index is 0.144. The van der Waals surface area contributed by atoms with Gasteiger partial charge in [-0.15, -0.1) is 0 Å². The molecule has 0 aliphatic rings. The molecule has 1 amide bonds. The second kappa shape index (κ2) is 10.7. The summed E-state index contributed by atoms with van der Waals surface area (Å²) in [5.41, 5.74) is 3.10. The second-order valence-electron chi connectivity index (χ2n) is 8.37. The van der Waals surface area contributed by atoms with Crippen LogP contribution in [0.4, 0.5) is 5.69 Å². The van der Waals surface area contributed by atoms with Crippen LogP contribution in [0.15, 0.2) is 94.2 Å². The zero-order valence-corrected chi connectivity index (χ0v) is 20.4. The average molecular weight is 490 g/mol. The van der Waals surface area contributed by atoms with Crippen LogP contribution >= 0.6 is 0 Å². The van der Waals surface area contributed by atoms with Crippen molar-refractivity contribution < 1.29 is 17.6 Å². The lowest BCUT2D eigenvalue weighted by molar-refractivity contribution is -0.116. The number of nitrogens with zero attached hydrogens (tertiary/aromatic N) is 1. The first-order chi connectivity index (χ1) is 16.8. The molecule has 0 saturated heterocycles. The lowest BCUT2D eigenvalue weighted by atomic mass is 10.1. The lowest BCUT2D eigenvalue weighted by Crippen LogP contribution is -2.30. The summed E-state index contributed by atoms with van der Waals surface area (Å²) in [5, 5.41) is 2.79. The first kappa shape index (κ1) is 24.4. The van der Waals surface area contributed by atoms with Crippen molar-refractivity contribution in [2.45, 2.75) is 37.6 Å². The summed E-state index contributed by atoms with van der Waals surface area (Å²) in [6.45, 7) is 3.51. The van der Waals surface area contributed by atoms with Gasteiger partial charge in [0.1, 0.15) is 5.69 Å². The first-order valence-electron chi connectivity index (χ1n) is 11.3. The zero-order valence-electron chi connectivity index (χ0n) is 19.6. The third-order valence-corrected chi connectivity index (χ3v) is 6.83. The Balaban J connectivity index is 1.44. The minimum atomic E-state index is -3.58. The van der Waals surface area contributed by atoms with Crippen molar-refractivity contribution in [2.75, 3.05) is 5.32 Å². The quantitative estimate of drug-likeness (QED) is 0.334. The number of benzene rings is 3. The Morgan fingerprint density at radius 3 is 2.09 bits per heavy atom. The van der Waals surface area contributed by atoms with E-state index >= 15 is 0 Å². The largest absolute Gasteiger partial charge is 0.440 e. The molecular formula is C27H27N3O4S. The summed E-state index contributed by atoms with van der Waals surface area (Å²) < 4.78 is 33.1. The molecule has 4 aromatic rings. The molecule has 4 rings (SSSR count). The molecule has 0 saturated carbocycles. The van der Waals surface area contributed by atoms with E-state index in [-0.39, 0.29) is 23.3 Å². The Hall–Kier alpha value is -3.75. The highest BCUT2D eigenvalue weighted by molar-refractivity contribution is 7.89. The van der Waals surface area contributed by atoms with Gasteiger partial charge < -0.3 is 9.73 Å². The molecule has 1 aromatic heterocycles. The van der Waals surface area contributed by atoms with Gasteiger partial charge in [0.05, 0.1) is 4.90 Å². The molecule has 0 spiro atoms. The van der Waals surface area contributed by atoms with Gasteiger partial charge in [0.25, 0.3) is 0 Å². The van der Waals surface area contributed by atoms with Crippen molar-refractivity contribution in [3.63, 3.8) is 0 Å². The Bertz CT molecular complexity index is 1320. The third kappa shape index (κ3) is 6.23. The molecule has 180 valence electrons. The highest BCUT2D eigenvalue weighted by Crippen LogP contribution is 2.32. The van der Waals surface area contributed by atoms with E-state index in [9.17, 15) is 13.2 Å². The predicted octanol–water partition coefficient (Wildman–Crippen LogP) is 5.27. The number of amides is 1. The van der Waals surface area contributed by atoms with Crippen molar-refractivity contribution in [3.05, 3.63) is 90.8 Å². The Morgan fingerprint density at radius 2 is 1.49 bits per heavy atom. The number of aromatic nitrogens is 1. The van der Waals surface area contributed by atoms with Gasteiger partial charge in [-0.3, -0.25) is 4.79 Å². The Kier molecular flexibility index (Phi) is 7.43. The maximum atomic E-state index is 12.5. The van der Waals surface area contributed by atoms with E-state index in [4.69, 9.17) is 4.42 Å². The van der Waals surface area contributed by atoms with E-state index in [0.29, 0.717) is 23.8 Å². The van der Waals surface area contributed by atoms with Gasteiger partial charge in [0.2, 0.25) is 15.9 Å². The van der Waals surface area contributed by atoms with Crippen LogP contribution in [0.3, 0.4) is 0 Å². The zero-order chi connectivity index (χ0) is 24.8. The fourth-order valence-corrected chi connectivity index (χ4v) is 4.84. The minimum Gasteiger partial charge on any atom is -0.440 e. The fraction of sp³-hybridized carbons (Fsp3) is 0.185. The summed E-state index contributed by atoms with van der Waals surface area (Å²) in [6, 6.07) is 25.4. The normalized spacial score (nSPS) is 11.5. The smallest absolute Gasteiger partial charge is 0.240 e. The monoisotopic (exact) mass is 489 g/mol. The number of nitrogens with one attached hydrogen (secondary N) is 2. The maximum Gasteiger partial charge on any atom is 0.240 e. The molecule has 3 aromatic carbocycles. The number of sulfonamides is 1. The Morgan fingerprint density at radius 1 is 0.886 bits per heavy atom. The number of hydrogen-bond donors (Lipinski definition) is 2. The number of anilines is 1. The second-order valence-corrected chi connectivity index (χ2v) is 10.1. The number of oxazole rings is 1.